The standard InChI is InChI=1S/C13H15F2N3/c1-8-10(7-17-18(8)3)13(16-2)9-5-4-6-11(14)12(9)15/h4-7,13,16H,1-3H3. The van der Waals surface area contributed by atoms with Gasteiger partial charge in [-0.15, -0.1) is 0 Å². The van der Waals surface area contributed by atoms with Crippen molar-refractivity contribution < 1.29 is 8.78 Å². The van der Waals surface area contributed by atoms with Gasteiger partial charge < -0.3 is 5.32 Å². The van der Waals surface area contributed by atoms with E-state index in [1.807, 2.05) is 14.0 Å². The maximum Gasteiger partial charge on any atom is 0.163 e. The molecule has 2 rings (SSSR count). The summed E-state index contributed by atoms with van der Waals surface area (Å²) in [5, 5.41) is 7.12. The highest BCUT2D eigenvalue weighted by Gasteiger charge is 2.21. The van der Waals surface area contributed by atoms with Crippen molar-refractivity contribution in [2.45, 2.75) is 13.0 Å². The predicted molar refractivity (Wildman–Crippen MR) is 65.2 cm³/mol. The Morgan fingerprint density at radius 1 is 1.28 bits per heavy atom. The summed E-state index contributed by atoms with van der Waals surface area (Å²) in [6.07, 6.45) is 1.67. The summed E-state index contributed by atoms with van der Waals surface area (Å²) in [6.45, 7) is 1.89. The van der Waals surface area contributed by atoms with Gasteiger partial charge in [-0.2, -0.15) is 5.10 Å². The maximum absolute atomic E-state index is 13.8. The maximum atomic E-state index is 13.8. The first-order valence-electron chi connectivity index (χ1n) is 5.66. The quantitative estimate of drug-likeness (QED) is 0.907. The lowest BCUT2D eigenvalue weighted by atomic mass is 9.99. The molecular formula is C13H15F2N3. The van der Waals surface area contributed by atoms with Gasteiger partial charge in [0.2, 0.25) is 0 Å². The van der Waals surface area contributed by atoms with E-state index in [1.54, 1.807) is 24.0 Å². The molecule has 0 saturated carbocycles. The normalized spacial score (nSPS) is 12.7. The van der Waals surface area contributed by atoms with E-state index in [2.05, 4.69) is 10.4 Å². The SMILES string of the molecule is CNC(c1cccc(F)c1F)c1cnn(C)c1C. The minimum Gasteiger partial charge on any atom is -0.309 e. The van der Waals surface area contributed by atoms with E-state index >= 15 is 0 Å². The van der Waals surface area contributed by atoms with Gasteiger partial charge in [0.25, 0.3) is 0 Å². The number of nitrogens with zero attached hydrogens (tertiary/aromatic N) is 2. The summed E-state index contributed by atoms with van der Waals surface area (Å²) >= 11 is 0. The first-order valence-corrected chi connectivity index (χ1v) is 5.66. The van der Waals surface area contributed by atoms with Gasteiger partial charge in [0.1, 0.15) is 0 Å². The Kier molecular flexibility index (Phi) is 3.43. The fourth-order valence-electron chi connectivity index (χ4n) is 2.02. The molecule has 1 aromatic carbocycles. The fourth-order valence-corrected chi connectivity index (χ4v) is 2.02. The molecule has 0 radical (unpaired) electrons. The van der Waals surface area contributed by atoms with E-state index in [1.165, 1.54) is 6.07 Å². The summed E-state index contributed by atoms with van der Waals surface area (Å²) in [7, 11) is 3.52. The second-order valence-electron chi connectivity index (χ2n) is 4.17. The van der Waals surface area contributed by atoms with Crippen molar-refractivity contribution in [2.75, 3.05) is 7.05 Å². The van der Waals surface area contributed by atoms with E-state index in [0.717, 1.165) is 17.3 Å². The summed E-state index contributed by atoms with van der Waals surface area (Å²) < 4.78 is 28.8. The molecule has 1 N–H and O–H groups in total. The van der Waals surface area contributed by atoms with Crippen LogP contribution in [0, 0.1) is 18.6 Å². The van der Waals surface area contributed by atoms with Crippen LogP contribution in [0.4, 0.5) is 8.78 Å². The summed E-state index contributed by atoms with van der Waals surface area (Å²) in [4.78, 5) is 0. The molecule has 0 aliphatic carbocycles. The number of aryl methyl sites for hydroxylation is 1. The summed E-state index contributed by atoms with van der Waals surface area (Å²) in [5.41, 5.74) is 2.04. The van der Waals surface area contributed by atoms with Gasteiger partial charge in [-0.3, -0.25) is 4.68 Å². The van der Waals surface area contributed by atoms with Crippen molar-refractivity contribution in [1.29, 1.82) is 0 Å². The molecule has 0 amide bonds. The minimum absolute atomic E-state index is 0.286. The van der Waals surface area contributed by atoms with Crippen LogP contribution in [0.5, 0.6) is 0 Å². The number of nitrogens with one attached hydrogen (secondary N) is 1. The first kappa shape index (κ1) is 12.7. The Labute approximate surface area is 104 Å². The summed E-state index contributed by atoms with van der Waals surface area (Å²) in [5.74, 6) is -1.66. The van der Waals surface area contributed by atoms with E-state index in [0.29, 0.717) is 0 Å². The number of rotatable bonds is 3. The molecule has 0 bridgehead atoms. The Morgan fingerprint density at radius 2 is 2.00 bits per heavy atom. The van der Waals surface area contributed by atoms with Gasteiger partial charge in [-0.25, -0.2) is 8.78 Å². The van der Waals surface area contributed by atoms with Crippen molar-refractivity contribution in [3.05, 3.63) is 52.9 Å². The van der Waals surface area contributed by atoms with Gasteiger partial charge >= 0.3 is 0 Å². The zero-order valence-corrected chi connectivity index (χ0v) is 10.5. The Balaban J connectivity index is 2.52. The molecule has 3 nitrogen and oxygen atoms in total. The van der Waals surface area contributed by atoms with Crippen LogP contribution in [-0.2, 0) is 7.05 Å². The number of hydrogen-bond donors (Lipinski definition) is 1. The third-order valence-electron chi connectivity index (χ3n) is 3.17. The van der Waals surface area contributed by atoms with Gasteiger partial charge in [0.15, 0.2) is 11.6 Å². The molecule has 5 heteroatoms. The zero-order valence-electron chi connectivity index (χ0n) is 10.5. The number of hydrogen-bond acceptors (Lipinski definition) is 2. The topological polar surface area (TPSA) is 29.9 Å². The van der Waals surface area contributed by atoms with Crippen LogP contribution in [-0.4, -0.2) is 16.8 Å². The highest BCUT2D eigenvalue weighted by molar-refractivity contribution is 5.34. The smallest absolute Gasteiger partial charge is 0.163 e. The third kappa shape index (κ3) is 2.01. The van der Waals surface area contributed by atoms with Crippen molar-refractivity contribution in [3.8, 4) is 0 Å². The van der Waals surface area contributed by atoms with Gasteiger partial charge in [-0.1, -0.05) is 12.1 Å². The molecule has 1 unspecified atom stereocenters. The van der Waals surface area contributed by atoms with E-state index < -0.39 is 17.7 Å². The highest BCUT2D eigenvalue weighted by atomic mass is 19.2. The van der Waals surface area contributed by atoms with Crippen molar-refractivity contribution >= 4 is 0 Å². The van der Waals surface area contributed by atoms with Gasteiger partial charge in [0, 0.05) is 23.9 Å². The van der Waals surface area contributed by atoms with Crippen LogP contribution >= 0.6 is 0 Å². The largest absolute Gasteiger partial charge is 0.309 e. The number of halogens is 2. The molecule has 1 aromatic heterocycles. The molecule has 0 aliphatic rings. The molecule has 96 valence electrons. The van der Waals surface area contributed by atoms with Gasteiger partial charge in [-0.05, 0) is 20.0 Å². The van der Waals surface area contributed by atoms with Crippen LogP contribution < -0.4 is 5.32 Å². The molecule has 1 heterocycles. The lowest BCUT2D eigenvalue weighted by Crippen LogP contribution is -2.20. The average molecular weight is 251 g/mol. The third-order valence-corrected chi connectivity index (χ3v) is 3.17. The highest BCUT2D eigenvalue weighted by Crippen LogP contribution is 2.27. The molecule has 1 atom stereocenters. The molecule has 0 spiro atoms. The van der Waals surface area contributed by atoms with E-state index in [9.17, 15) is 8.78 Å². The van der Waals surface area contributed by atoms with Crippen molar-refractivity contribution in [2.24, 2.45) is 7.05 Å². The first-order chi connectivity index (χ1) is 8.56. The van der Waals surface area contributed by atoms with Gasteiger partial charge in [0.05, 0.1) is 12.2 Å². The van der Waals surface area contributed by atoms with Crippen LogP contribution in [0.2, 0.25) is 0 Å². The molecule has 0 saturated heterocycles. The van der Waals surface area contributed by atoms with E-state index in [4.69, 9.17) is 0 Å². The number of aromatic nitrogens is 2. The van der Waals surface area contributed by atoms with Crippen LogP contribution in [0.15, 0.2) is 24.4 Å². The molecule has 2 aromatic rings. The lowest BCUT2D eigenvalue weighted by molar-refractivity contribution is 0.487. The predicted octanol–water partition coefficient (Wildman–Crippen LogP) is 2.32. The van der Waals surface area contributed by atoms with Crippen LogP contribution in [0.25, 0.3) is 0 Å². The van der Waals surface area contributed by atoms with Crippen molar-refractivity contribution in [3.63, 3.8) is 0 Å². The average Bonchev–Trinajstić information content (AvgIpc) is 2.68. The second kappa shape index (κ2) is 4.86. The Hall–Kier alpha value is -1.75. The molecular weight excluding hydrogens is 236 g/mol. The Morgan fingerprint density at radius 3 is 2.56 bits per heavy atom. The lowest BCUT2D eigenvalue weighted by Gasteiger charge is -2.17. The minimum atomic E-state index is -0.839. The Bertz CT molecular complexity index is 563. The molecule has 18 heavy (non-hydrogen) atoms. The van der Waals surface area contributed by atoms with Crippen molar-refractivity contribution in [1.82, 2.24) is 15.1 Å². The molecule has 0 aliphatic heterocycles. The zero-order chi connectivity index (χ0) is 13.3. The molecule has 0 fully saturated rings. The second-order valence-corrected chi connectivity index (χ2v) is 4.17. The van der Waals surface area contributed by atoms with Crippen LogP contribution in [0.3, 0.4) is 0 Å². The summed E-state index contributed by atoms with van der Waals surface area (Å²) in [6, 6.07) is 3.78. The monoisotopic (exact) mass is 251 g/mol. The number of benzene rings is 1. The van der Waals surface area contributed by atoms with E-state index in [-0.39, 0.29) is 5.56 Å². The van der Waals surface area contributed by atoms with Crippen LogP contribution in [0.1, 0.15) is 22.9 Å². The fraction of sp³-hybridized carbons (Fsp3) is 0.308.